The second kappa shape index (κ2) is 6.75. The highest BCUT2D eigenvalue weighted by Crippen LogP contribution is 2.36. The van der Waals surface area contributed by atoms with E-state index < -0.39 is 0 Å². The van der Waals surface area contributed by atoms with Gasteiger partial charge in [0, 0.05) is 36.5 Å². The molecule has 0 radical (unpaired) electrons. The smallest absolute Gasteiger partial charge is 0.122 e. The predicted molar refractivity (Wildman–Crippen MR) is 86.4 cm³/mol. The summed E-state index contributed by atoms with van der Waals surface area (Å²) >= 11 is 0. The largest absolute Gasteiger partial charge is 0.497 e. The predicted octanol–water partition coefficient (Wildman–Crippen LogP) is 2.74. The van der Waals surface area contributed by atoms with E-state index in [2.05, 4.69) is 23.9 Å². The Labute approximate surface area is 128 Å². The van der Waals surface area contributed by atoms with Gasteiger partial charge in [-0.25, -0.2) is 0 Å². The van der Waals surface area contributed by atoms with E-state index in [0.717, 1.165) is 36.1 Å². The van der Waals surface area contributed by atoms with Gasteiger partial charge in [-0.1, -0.05) is 19.8 Å². The number of hydrogen-bond donors (Lipinski definition) is 1. The minimum absolute atomic E-state index is 0.121. The fraction of sp³-hybridized carbons (Fsp3) is 0.706. The standard InChI is InChI=1S/C17H29N3O/c1-13-6-5-7-17(10-13,12-18)20(3)11-15-9-16(21-4)8-14(2)19-15/h8-9,13H,5-7,10-12,18H2,1-4H3. The van der Waals surface area contributed by atoms with Crippen LogP contribution in [0.15, 0.2) is 12.1 Å². The van der Waals surface area contributed by atoms with Gasteiger partial charge in [-0.2, -0.15) is 0 Å². The van der Waals surface area contributed by atoms with Crippen molar-refractivity contribution in [2.24, 2.45) is 11.7 Å². The molecule has 21 heavy (non-hydrogen) atoms. The fourth-order valence-corrected chi connectivity index (χ4v) is 3.63. The van der Waals surface area contributed by atoms with Gasteiger partial charge in [-0.15, -0.1) is 0 Å². The Morgan fingerprint density at radius 3 is 2.86 bits per heavy atom. The summed E-state index contributed by atoms with van der Waals surface area (Å²) in [6.45, 7) is 5.89. The minimum atomic E-state index is 0.121. The lowest BCUT2D eigenvalue weighted by Crippen LogP contribution is -2.54. The van der Waals surface area contributed by atoms with Crippen molar-refractivity contribution in [1.29, 1.82) is 0 Å². The van der Waals surface area contributed by atoms with Crippen LogP contribution in [-0.4, -0.2) is 36.1 Å². The maximum Gasteiger partial charge on any atom is 0.122 e. The molecule has 1 aliphatic carbocycles. The number of hydrogen-bond acceptors (Lipinski definition) is 4. The molecule has 2 unspecified atom stereocenters. The molecule has 1 heterocycles. The van der Waals surface area contributed by atoms with E-state index in [1.54, 1.807) is 7.11 Å². The van der Waals surface area contributed by atoms with Crippen molar-refractivity contribution in [2.45, 2.75) is 51.6 Å². The SMILES string of the molecule is COc1cc(C)nc(CN(C)C2(CN)CCCC(C)C2)c1. The molecule has 2 rings (SSSR count). The van der Waals surface area contributed by atoms with E-state index in [4.69, 9.17) is 10.5 Å². The van der Waals surface area contributed by atoms with Crippen molar-refractivity contribution in [3.05, 3.63) is 23.5 Å². The molecule has 0 aromatic carbocycles. The zero-order chi connectivity index (χ0) is 15.5. The van der Waals surface area contributed by atoms with E-state index in [0.29, 0.717) is 0 Å². The van der Waals surface area contributed by atoms with Gasteiger partial charge in [0.15, 0.2) is 0 Å². The van der Waals surface area contributed by atoms with E-state index >= 15 is 0 Å². The molecule has 4 heteroatoms. The topological polar surface area (TPSA) is 51.4 Å². The van der Waals surface area contributed by atoms with Crippen LogP contribution in [0.3, 0.4) is 0 Å². The Bertz CT molecular complexity index is 477. The van der Waals surface area contributed by atoms with Crippen LogP contribution in [0.2, 0.25) is 0 Å². The minimum Gasteiger partial charge on any atom is -0.497 e. The van der Waals surface area contributed by atoms with Gasteiger partial charge in [-0.3, -0.25) is 9.88 Å². The molecule has 4 nitrogen and oxygen atoms in total. The van der Waals surface area contributed by atoms with Crippen molar-refractivity contribution >= 4 is 0 Å². The summed E-state index contributed by atoms with van der Waals surface area (Å²) in [6.07, 6.45) is 4.97. The lowest BCUT2D eigenvalue weighted by molar-refractivity contribution is 0.0544. The number of rotatable bonds is 5. The van der Waals surface area contributed by atoms with Crippen LogP contribution in [0.4, 0.5) is 0 Å². The van der Waals surface area contributed by atoms with Crippen molar-refractivity contribution < 1.29 is 4.74 Å². The zero-order valence-corrected chi connectivity index (χ0v) is 13.9. The number of ether oxygens (including phenoxy) is 1. The summed E-state index contributed by atoms with van der Waals surface area (Å²) < 4.78 is 5.35. The number of methoxy groups -OCH3 is 1. The third-order valence-corrected chi connectivity index (χ3v) is 4.87. The van der Waals surface area contributed by atoms with Crippen molar-refractivity contribution in [1.82, 2.24) is 9.88 Å². The Morgan fingerprint density at radius 1 is 1.48 bits per heavy atom. The molecule has 1 aromatic heterocycles. The summed E-state index contributed by atoms with van der Waals surface area (Å²) in [7, 11) is 3.88. The number of aryl methyl sites for hydroxylation is 1. The first-order chi connectivity index (χ1) is 9.99. The molecule has 0 amide bonds. The van der Waals surface area contributed by atoms with Crippen LogP contribution in [0.1, 0.15) is 44.0 Å². The van der Waals surface area contributed by atoms with Crippen LogP contribution in [-0.2, 0) is 6.54 Å². The molecule has 2 atom stereocenters. The molecule has 1 saturated carbocycles. The maximum atomic E-state index is 6.15. The summed E-state index contributed by atoms with van der Waals surface area (Å²) in [5.41, 5.74) is 8.33. The first kappa shape index (κ1) is 16.2. The monoisotopic (exact) mass is 291 g/mol. The second-order valence-electron chi connectivity index (χ2n) is 6.63. The second-order valence-corrected chi connectivity index (χ2v) is 6.63. The van der Waals surface area contributed by atoms with E-state index in [1.807, 2.05) is 19.1 Å². The highest BCUT2D eigenvalue weighted by Gasteiger charge is 2.37. The molecular weight excluding hydrogens is 262 g/mol. The number of nitrogens with zero attached hydrogens (tertiary/aromatic N) is 2. The first-order valence-corrected chi connectivity index (χ1v) is 7.92. The average Bonchev–Trinajstić information content (AvgIpc) is 2.46. The molecule has 1 aromatic rings. The molecule has 0 saturated heterocycles. The zero-order valence-electron chi connectivity index (χ0n) is 13.9. The lowest BCUT2D eigenvalue weighted by Gasteiger charge is -2.46. The Kier molecular flexibility index (Phi) is 5.22. The maximum absolute atomic E-state index is 6.15. The number of pyridine rings is 1. The first-order valence-electron chi connectivity index (χ1n) is 7.92. The molecular formula is C17H29N3O. The van der Waals surface area contributed by atoms with Gasteiger partial charge in [0.2, 0.25) is 0 Å². The van der Waals surface area contributed by atoms with Crippen molar-refractivity contribution in [3.63, 3.8) is 0 Å². The Hall–Kier alpha value is -1.13. The normalized spacial score (nSPS) is 26.1. The number of likely N-dealkylation sites (N-methyl/N-ethyl adjacent to an activating group) is 1. The molecule has 0 spiro atoms. The third-order valence-electron chi connectivity index (χ3n) is 4.87. The van der Waals surface area contributed by atoms with Crippen LogP contribution in [0, 0.1) is 12.8 Å². The van der Waals surface area contributed by atoms with Crippen molar-refractivity contribution in [3.8, 4) is 5.75 Å². The Morgan fingerprint density at radius 2 is 2.24 bits per heavy atom. The molecule has 1 fully saturated rings. The summed E-state index contributed by atoms with van der Waals surface area (Å²) in [5, 5.41) is 0. The third kappa shape index (κ3) is 3.74. The molecule has 118 valence electrons. The van der Waals surface area contributed by atoms with Gasteiger partial charge >= 0.3 is 0 Å². The molecule has 1 aliphatic rings. The Balaban J connectivity index is 2.15. The van der Waals surface area contributed by atoms with Gasteiger partial charge < -0.3 is 10.5 Å². The van der Waals surface area contributed by atoms with Gasteiger partial charge in [0.1, 0.15) is 5.75 Å². The molecule has 0 bridgehead atoms. The van der Waals surface area contributed by atoms with Crippen LogP contribution in [0.5, 0.6) is 5.75 Å². The number of aromatic nitrogens is 1. The highest BCUT2D eigenvalue weighted by atomic mass is 16.5. The van der Waals surface area contributed by atoms with Gasteiger partial charge in [-0.05, 0) is 32.7 Å². The van der Waals surface area contributed by atoms with Crippen LogP contribution in [0.25, 0.3) is 0 Å². The van der Waals surface area contributed by atoms with E-state index in [-0.39, 0.29) is 5.54 Å². The van der Waals surface area contributed by atoms with Crippen LogP contribution >= 0.6 is 0 Å². The molecule has 2 N–H and O–H groups in total. The van der Waals surface area contributed by atoms with Gasteiger partial charge in [0.05, 0.1) is 12.8 Å². The van der Waals surface area contributed by atoms with E-state index in [1.165, 1.54) is 25.7 Å². The lowest BCUT2D eigenvalue weighted by atomic mass is 9.75. The van der Waals surface area contributed by atoms with Gasteiger partial charge in [0.25, 0.3) is 0 Å². The summed E-state index contributed by atoms with van der Waals surface area (Å²) in [5.74, 6) is 1.63. The fourth-order valence-electron chi connectivity index (χ4n) is 3.63. The average molecular weight is 291 g/mol. The summed E-state index contributed by atoms with van der Waals surface area (Å²) in [6, 6.07) is 3.99. The van der Waals surface area contributed by atoms with Crippen molar-refractivity contribution in [2.75, 3.05) is 20.7 Å². The summed E-state index contributed by atoms with van der Waals surface area (Å²) in [4.78, 5) is 7.05. The molecule has 0 aliphatic heterocycles. The van der Waals surface area contributed by atoms with Crippen LogP contribution < -0.4 is 10.5 Å². The van der Waals surface area contributed by atoms with E-state index in [9.17, 15) is 0 Å². The highest BCUT2D eigenvalue weighted by molar-refractivity contribution is 5.26. The number of nitrogens with two attached hydrogens (primary N) is 1. The quantitative estimate of drug-likeness (QED) is 0.906.